The number of nitrogens with two attached hydrogens (primary N) is 1. The lowest BCUT2D eigenvalue weighted by atomic mass is 10.0. The standard InChI is InChI=1S/C20H18BrNO/c21-18-11-16(13-22)10-17(12-18)19-8-4-5-9-20(19)23-14-15-6-2-1-3-7-15/h1-12H,13-14,22H2. The Morgan fingerprint density at radius 1 is 0.826 bits per heavy atom. The van der Waals surface area contributed by atoms with Crippen molar-refractivity contribution in [3.63, 3.8) is 0 Å². The third-order valence-corrected chi connectivity index (χ3v) is 4.09. The number of ether oxygens (including phenoxy) is 1. The molecule has 0 spiro atoms. The predicted octanol–water partition coefficient (Wildman–Crippen LogP) is 5.15. The number of benzene rings is 3. The Kier molecular flexibility index (Phi) is 5.11. The molecule has 3 aromatic carbocycles. The van der Waals surface area contributed by atoms with E-state index >= 15 is 0 Å². The first-order valence-corrected chi connectivity index (χ1v) is 8.31. The van der Waals surface area contributed by atoms with Gasteiger partial charge in [-0.3, -0.25) is 0 Å². The molecule has 0 amide bonds. The van der Waals surface area contributed by atoms with Crippen molar-refractivity contribution in [2.24, 2.45) is 5.73 Å². The van der Waals surface area contributed by atoms with Crippen molar-refractivity contribution in [3.05, 3.63) is 88.4 Å². The molecule has 0 heterocycles. The van der Waals surface area contributed by atoms with Crippen LogP contribution < -0.4 is 10.5 Å². The molecular weight excluding hydrogens is 350 g/mol. The van der Waals surface area contributed by atoms with Crippen LogP contribution in [0.15, 0.2) is 77.3 Å². The first-order valence-electron chi connectivity index (χ1n) is 7.52. The summed E-state index contributed by atoms with van der Waals surface area (Å²) in [6.07, 6.45) is 0. The van der Waals surface area contributed by atoms with Gasteiger partial charge in [-0.15, -0.1) is 0 Å². The Balaban J connectivity index is 1.90. The van der Waals surface area contributed by atoms with Crippen LogP contribution in [0.1, 0.15) is 11.1 Å². The van der Waals surface area contributed by atoms with E-state index in [2.05, 4.69) is 46.3 Å². The van der Waals surface area contributed by atoms with Crippen LogP contribution in [0.5, 0.6) is 5.75 Å². The summed E-state index contributed by atoms with van der Waals surface area (Å²) in [5.74, 6) is 0.873. The summed E-state index contributed by atoms with van der Waals surface area (Å²) in [6, 6.07) is 24.5. The van der Waals surface area contributed by atoms with Crippen molar-refractivity contribution < 1.29 is 4.74 Å². The van der Waals surface area contributed by atoms with E-state index in [1.54, 1.807) is 0 Å². The van der Waals surface area contributed by atoms with Gasteiger partial charge in [0.1, 0.15) is 12.4 Å². The monoisotopic (exact) mass is 367 g/mol. The van der Waals surface area contributed by atoms with Crippen molar-refractivity contribution in [1.82, 2.24) is 0 Å². The summed E-state index contributed by atoms with van der Waals surface area (Å²) in [6.45, 7) is 1.06. The molecule has 0 bridgehead atoms. The number of halogens is 1. The second-order valence-electron chi connectivity index (χ2n) is 5.32. The Morgan fingerprint density at radius 3 is 2.35 bits per heavy atom. The highest BCUT2D eigenvalue weighted by Crippen LogP contribution is 2.32. The fourth-order valence-electron chi connectivity index (χ4n) is 2.49. The van der Waals surface area contributed by atoms with Crippen LogP contribution >= 0.6 is 15.9 Å². The number of rotatable bonds is 5. The minimum atomic E-state index is 0.513. The molecule has 2 N–H and O–H groups in total. The van der Waals surface area contributed by atoms with Crippen molar-refractivity contribution in [3.8, 4) is 16.9 Å². The van der Waals surface area contributed by atoms with Crippen molar-refractivity contribution in [2.45, 2.75) is 13.2 Å². The zero-order valence-electron chi connectivity index (χ0n) is 12.7. The van der Waals surface area contributed by atoms with Gasteiger partial charge in [0, 0.05) is 16.6 Å². The largest absolute Gasteiger partial charge is 0.488 e. The summed E-state index contributed by atoms with van der Waals surface area (Å²) >= 11 is 3.55. The molecule has 0 aliphatic heterocycles. The van der Waals surface area contributed by atoms with Gasteiger partial charge in [0.2, 0.25) is 0 Å². The van der Waals surface area contributed by atoms with Crippen LogP contribution in [0.4, 0.5) is 0 Å². The highest BCUT2D eigenvalue weighted by molar-refractivity contribution is 9.10. The molecule has 3 aromatic rings. The molecule has 0 unspecified atom stereocenters. The van der Waals surface area contributed by atoms with E-state index in [1.165, 1.54) is 0 Å². The van der Waals surface area contributed by atoms with Gasteiger partial charge in [0.15, 0.2) is 0 Å². The number of hydrogen-bond donors (Lipinski definition) is 1. The lowest BCUT2D eigenvalue weighted by Gasteiger charge is -2.13. The quantitative estimate of drug-likeness (QED) is 0.676. The average molecular weight is 368 g/mol. The molecule has 0 saturated heterocycles. The van der Waals surface area contributed by atoms with Gasteiger partial charge < -0.3 is 10.5 Å². The van der Waals surface area contributed by atoms with E-state index in [1.807, 2.05) is 42.5 Å². The van der Waals surface area contributed by atoms with Gasteiger partial charge in [-0.2, -0.15) is 0 Å². The van der Waals surface area contributed by atoms with E-state index in [-0.39, 0.29) is 0 Å². The van der Waals surface area contributed by atoms with Crippen LogP contribution in [-0.2, 0) is 13.2 Å². The molecule has 0 aliphatic carbocycles. The Morgan fingerprint density at radius 2 is 1.57 bits per heavy atom. The molecule has 0 aromatic heterocycles. The smallest absolute Gasteiger partial charge is 0.127 e. The zero-order valence-corrected chi connectivity index (χ0v) is 14.3. The Bertz CT molecular complexity index is 787. The Hall–Kier alpha value is -2.10. The maximum absolute atomic E-state index is 6.04. The lowest BCUT2D eigenvalue weighted by Crippen LogP contribution is -1.98. The van der Waals surface area contributed by atoms with Crippen molar-refractivity contribution >= 4 is 15.9 Å². The van der Waals surface area contributed by atoms with Gasteiger partial charge in [0.25, 0.3) is 0 Å². The number of para-hydroxylation sites is 1. The van der Waals surface area contributed by atoms with Gasteiger partial charge >= 0.3 is 0 Å². The van der Waals surface area contributed by atoms with E-state index in [0.717, 1.165) is 32.5 Å². The molecule has 3 rings (SSSR count). The summed E-state index contributed by atoms with van der Waals surface area (Å²) in [7, 11) is 0. The highest BCUT2D eigenvalue weighted by Gasteiger charge is 2.08. The highest BCUT2D eigenvalue weighted by atomic mass is 79.9. The molecule has 3 heteroatoms. The predicted molar refractivity (Wildman–Crippen MR) is 98.2 cm³/mol. The van der Waals surface area contributed by atoms with Crippen LogP contribution in [0.3, 0.4) is 0 Å². The maximum atomic E-state index is 6.04. The first kappa shape index (κ1) is 15.8. The van der Waals surface area contributed by atoms with Gasteiger partial charge in [-0.25, -0.2) is 0 Å². The van der Waals surface area contributed by atoms with Crippen molar-refractivity contribution in [1.29, 1.82) is 0 Å². The molecule has 23 heavy (non-hydrogen) atoms. The van der Waals surface area contributed by atoms with Crippen molar-refractivity contribution in [2.75, 3.05) is 0 Å². The summed E-state index contributed by atoms with van der Waals surface area (Å²) in [5, 5.41) is 0. The SMILES string of the molecule is NCc1cc(Br)cc(-c2ccccc2OCc2ccccc2)c1. The van der Waals surface area contributed by atoms with E-state index in [0.29, 0.717) is 13.2 Å². The maximum Gasteiger partial charge on any atom is 0.127 e. The molecule has 0 aliphatic rings. The molecule has 2 nitrogen and oxygen atoms in total. The molecule has 116 valence electrons. The lowest BCUT2D eigenvalue weighted by molar-refractivity contribution is 0.307. The summed E-state index contributed by atoms with van der Waals surface area (Å²) < 4.78 is 7.07. The topological polar surface area (TPSA) is 35.2 Å². The minimum Gasteiger partial charge on any atom is -0.488 e. The zero-order chi connectivity index (χ0) is 16.1. The number of hydrogen-bond acceptors (Lipinski definition) is 2. The van der Waals surface area contributed by atoms with E-state index in [4.69, 9.17) is 10.5 Å². The second kappa shape index (κ2) is 7.44. The first-order chi connectivity index (χ1) is 11.3. The molecule has 0 saturated carbocycles. The molecule has 0 atom stereocenters. The Labute approximate surface area is 145 Å². The minimum absolute atomic E-state index is 0.513. The van der Waals surface area contributed by atoms with Crippen LogP contribution in [0.2, 0.25) is 0 Å². The fraction of sp³-hybridized carbons (Fsp3) is 0.100. The van der Waals surface area contributed by atoms with Crippen LogP contribution in [-0.4, -0.2) is 0 Å². The van der Waals surface area contributed by atoms with E-state index < -0.39 is 0 Å². The van der Waals surface area contributed by atoms with Gasteiger partial charge in [-0.1, -0.05) is 64.5 Å². The molecule has 0 radical (unpaired) electrons. The molecular formula is C20H18BrNO. The van der Waals surface area contributed by atoms with Gasteiger partial charge in [-0.05, 0) is 41.0 Å². The fourth-order valence-corrected chi connectivity index (χ4v) is 3.03. The normalized spacial score (nSPS) is 10.5. The second-order valence-corrected chi connectivity index (χ2v) is 6.24. The van der Waals surface area contributed by atoms with Crippen LogP contribution in [0.25, 0.3) is 11.1 Å². The van der Waals surface area contributed by atoms with E-state index in [9.17, 15) is 0 Å². The summed E-state index contributed by atoms with van der Waals surface area (Å²) in [5.41, 5.74) is 10.2. The third-order valence-electron chi connectivity index (χ3n) is 3.63. The molecule has 0 fully saturated rings. The van der Waals surface area contributed by atoms with Gasteiger partial charge in [0.05, 0.1) is 0 Å². The average Bonchev–Trinajstić information content (AvgIpc) is 2.60. The van der Waals surface area contributed by atoms with Crippen LogP contribution in [0, 0.1) is 0 Å². The third kappa shape index (κ3) is 4.01. The summed E-state index contributed by atoms with van der Waals surface area (Å²) in [4.78, 5) is 0.